The second-order valence-electron chi connectivity index (χ2n) is 4.89. The third kappa shape index (κ3) is 3.35. The molecule has 0 aliphatic rings. The predicted octanol–water partition coefficient (Wildman–Crippen LogP) is 3.10. The highest BCUT2D eigenvalue weighted by Gasteiger charge is 2.11. The second kappa shape index (κ2) is 5.89. The zero-order valence-electron chi connectivity index (χ0n) is 11.6. The van der Waals surface area contributed by atoms with Gasteiger partial charge in [0.25, 0.3) is 0 Å². The first-order valence-corrected chi connectivity index (χ1v) is 6.41. The highest BCUT2D eigenvalue weighted by molar-refractivity contribution is 5.75. The number of hydrogen-bond donors (Lipinski definition) is 1. The molecule has 0 radical (unpaired) electrons. The molecule has 0 spiro atoms. The molecule has 1 aromatic heterocycles. The van der Waals surface area contributed by atoms with Gasteiger partial charge < -0.3 is 9.88 Å². The molecule has 96 valence electrons. The van der Waals surface area contributed by atoms with E-state index in [4.69, 9.17) is 0 Å². The summed E-state index contributed by atoms with van der Waals surface area (Å²) in [6.07, 6.45) is 1.51. The Hall–Kier alpha value is -1.25. The topological polar surface area (TPSA) is 34.0 Å². The van der Waals surface area contributed by atoms with E-state index in [9.17, 15) is 4.79 Å². The van der Waals surface area contributed by atoms with Gasteiger partial charge in [-0.25, -0.2) is 0 Å². The Kier molecular flexibility index (Phi) is 4.79. The molecule has 0 saturated heterocycles. The van der Waals surface area contributed by atoms with Crippen molar-refractivity contribution in [2.75, 3.05) is 0 Å². The van der Waals surface area contributed by atoms with Crippen LogP contribution < -0.4 is 5.32 Å². The van der Waals surface area contributed by atoms with Crippen molar-refractivity contribution < 1.29 is 4.79 Å². The Morgan fingerprint density at radius 2 is 2.06 bits per heavy atom. The molecule has 1 N–H and O–H groups in total. The second-order valence-corrected chi connectivity index (χ2v) is 4.89. The van der Waals surface area contributed by atoms with E-state index in [1.807, 2.05) is 6.92 Å². The van der Waals surface area contributed by atoms with Crippen molar-refractivity contribution >= 4 is 5.91 Å². The van der Waals surface area contributed by atoms with E-state index in [0.29, 0.717) is 19.0 Å². The minimum absolute atomic E-state index is 0.141. The fraction of sp³-hybridized carbons (Fsp3) is 0.643. The first-order chi connectivity index (χ1) is 7.97. The van der Waals surface area contributed by atoms with Crippen LogP contribution in [-0.2, 0) is 11.3 Å². The van der Waals surface area contributed by atoms with Gasteiger partial charge in [-0.3, -0.25) is 4.79 Å². The van der Waals surface area contributed by atoms with Gasteiger partial charge in [-0.05, 0) is 45.7 Å². The molecule has 0 saturated carbocycles. The molecule has 0 aliphatic heterocycles. The zero-order chi connectivity index (χ0) is 13.0. The predicted molar refractivity (Wildman–Crippen MR) is 71.0 cm³/mol. The molecule has 0 unspecified atom stereocenters. The number of amides is 1. The Labute approximate surface area is 104 Å². The van der Waals surface area contributed by atoms with Crippen LogP contribution in [0, 0.1) is 13.8 Å². The van der Waals surface area contributed by atoms with Crippen molar-refractivity contribution in [1.29, 1.82) is 0 Å². The molecule has 1 aromatic rings. The van der Waals surface area contributed by atoms with Gasteiger partial charge in [-0.2, -0.15) is 0 Å². The monoisotopic (exact) mass is 236 g/mol. The lowest BCUT2D eigenvalue weighted by atomic mass is 10.2. The standard InChI is InChI=1S/C14H24N2O/c1-6-7-14(17)15-9-13-8-11(4)16(10(2)3)12(13)5/h8,10H,6-7,9H2,1-5H3,(H,15,17). The van der Waals surface area contributed by atoms with Gasteiger partial charge >= 0.3 is 0 Å². The first kappa shape index (κ1) is 13.8. The van der Waals surface area contributed by atoms with Crippen molar-refractivity contribution in [3.63, 3.8) is 0 Å². The number of nitrogens with one attached hydrogen (secondary N) is 1. The summed E-state index contributed by atoms with van der Waals surface area (Å²) < 4.78 is 2.31. The van der Waals surface area contributed by atoms with Crippen LogP contribution in [0.4, 0.5) is 0 Å². The minimum Gasteiger partial charge on any atom is -0.352 e. The highest BCUT2D eigenvalue weighted by Crippen LogP contribution is 2.19. The number of carbonyl (C=O) groups is 1. The third-order valence-electron chi connectivity index (χ3n) is 3.06. The third-order valence-corrected chi connectivity index (χ3v) is 3.06. The van der Waals surface area contributed by atoms with Crippen molar-refractivity contribution in [2.45, 2.75) is 60.0 Å². The van der Waals surface area contributed by atoms with Gasteiger partial charge in [0.1, 0.15) is 0 Å². The Morgan fingerprint density at radius 3 is 2.53 bits per heavy atom. The van der Waals surface area contributed by atoms with Crippen LogP contribution in [0.2, 0.25) is 0 Å². The number of aryl methyl sites for hydroxylation is 1. The van der Waals surface area contributed by atoms with Crippen molar-refractivity contribution in [2.24, 2.45) is 0 Å². The summed E-state index contributed by atoms with van der Waals surface area (Å²) in [5, 5.41) is 2.97. The Morgan fingerprint density at radius 1 is 1.41 bits per heavy atom. The SMILES string of the molecule is CCCC(=O)NCc1cc(C)n(C(C)C)c1C. The number of nitrogens with zero attached hydrogens (tertiary/aromatic N) is 1. The van der Waals surface area contributed by atoms with E-state index < -0.39 is 0 Å². The molecular weight excluding hydrogens is 212 g/mol. The van der Waals surface area contributed by atoms with Crippen LogP contribution >= 0.6 is 0 Å². The molecule has 17 heavy (non-hydrogen) atoms. The maximum absolute atomic E-state index is 11.4. The minimum atomic E-state index is 0.141. The molecule has 1 heterocycles. The van der Waals surface area contributed by atoms with E-state index >= 15 is 0 Å². The number of aromatic nitrogens is 1. The molecule has 1 rings (SSSR count). The Bertz CT molecular complexity index is 391. The van der Waals surface area contributed by atoms with E-state index in [1.165, 1.54) is 17.0 Å². The molecule has 0 fully saturated rings. The van der Waals surface area contributed by atoms with Crippen molar-refractivity contribution in [3.05, 3.63) is 23.0 Å². The molecule has 1 amide bonds. The van der Waals surface area contributed by atoms with Gasteiger partial charge in [0.2, 0.25) is 5.91 Å². The van der Waals surface area contributed by atoms with Crippen LogP contribution in [-0.4, -0.2) is 10.5 Å². The van der Waals surface area contributed by atoms with Gasteiger partial charge in [-0.1, -0.05) is 6.92 Å². The average molecular weight is 236 g/mol. The van der Waals surface area contributed by atoms with Crippen molar-refractivity contribution in [3.8, 4) is 0 Å². The summed E-state index contributed by atoms with van der Waals surface area (Å²) in [4.78, 5) is 11.4. The highest BCUT2D eigenvalue weighted by atomic mass is 16.1. The maximum atomic E-state index is 11.4. The fourth-order valence-electron chi connectivity index (χ4n) is 2.33. The molecule has 3 heteroatoms. The summed E-state index contributed by atoms with van der Waals surface area (Å²) in [5.41, 5.74) is 3.74. The Balaban J connectivity index is 2.73. The normalized spacial score (nSPS) is 10.9. The molecule has 0 atom stereocenters. The molecular formula is C14H24N2O. The van der Waals surface area contributed by atoms with Crippen molar-refractivity contribution in [1.82, 2.24) is 9.88 Å². The lowest BCUT2D eigenvalue weighted by Gasteiger charge is -2.14. The lowest BCUT2D eigenvalue weighted by molar-refractivity contribution is -0.121. The number of rotatable bonds is 5. The summed E-state index contributed by atoms with van der Waals surface area (Å²) in [6.45, 7) is 11.3. The van der Waals surface area contributed by atoms with Crippen LogP contribution in [0.25, 0.3) is 0 Å². The van der Waals surface area contributed by atoms with Crippen LogP contribution in [0.3, 0.4) is 0 Å². The summed E-state index contributed by atoms with van der Waals surface area (Å²) in [5.74, 6) is 0.141. The largest absolute Gasteiger partial charge is 0.352 e. The lowest BCUT2D eigenvalue weighted by Crippen LogP contribution is -2.22. The van der Waals surface area contributed by atoms with E-state index in [-0.39, 0.29) is 5.91 Å². The van der Waals surface area contributed by atoms with Gasteiger partial charge in [0.15, 0.2) is 0 Å². The summed E-state index contributed by atoms with van der Waals surface area (Å²) >= 11 is 0. The fourth-order valence-corrected chi connectivity index (χ4v) is 2.33. The van der Waals surface area contributed by atoms with Crippen LogP contribution in [0.1, 0.15) is 56.6 Å². The molecule has 0 aromatic carbocycles. The summed E-state index contributed by atoms with van der Waals surface area (Å²) in [6, 6.07) is 2.64. The summed E-state index contributed by atoms with van der Waals surface area (Å²) in [7, 11) is 0. The quantitative estimate of drug-likeness (QED) is 0.837. The first-order valence-electron chi connectivity index (χ1n) is 6.41. The molecule has 3 nitrogen and oxygen atoms in total. The van der Waals surface area contributed by atoms with Gasteiger partial charge in [0.05, 0.1) is 0 Å². The molecule has 0 aliphatic carbocycles. The number of carbonyl (C=O) groups excluding carboxylic acids is 1. The average Bonchev–Trinajstić information content (AvgIpc) is 2.51. The van der Waals surface area contributed by atoms with Crippen LogP contribution in [0.5, 0.6) is 0 Å². The van der Waals surface area contributed by atoms with E-state index in [1.54, 1.807) is 0 Å². The van der Waals surface area contributed by atoms with Gasteiger partial charge in [-0.15, -0.1) is 0 Å². The zero-order valence-corrected chi connectivity index (χ0v) is 11.6. The van der Waals surface area contributed by atoms with Gasteiger partial charge in [0, 0.05) is 30.4 Å². The molecule has 0 bridgehead atoms. The maximum Gasteiger partial charge on any atom is 0.220 e. The van der Waals surface area contributed by atoms with Crippen LogP contribution in [0.15, 0.2) is 6.07 Å². The smallest absolute Gasteiger partial charge is 0.220 e. The van der Waals surface area contributed by atoms with E-state index in [2.05, 4.69) is 43.6 Å². The number of hydrogen-bond acceptors (Lipinski definition) is 1. The van der Waals surface area contributed by atoms with E-state index in [0.717, 1.165) is 6.42 Å².